The lowest BCUT2D eigenvalue weighted by Crippen LogP contribution is -2.38. The number of aromatic nitrogens is 1. The fourth-order valence-corrected chi connectivity index (χ4v) is 5.75. The van der Waals surface area contributed by atoms with Crippen LogP contribution in [-0.2, 0) is 22.6 Å². The second-order valence-corrected chi connectivity index (χ2v) is 9.86. The molecule has 1 amide bonds. The summed E-state index contributed by atoms with van der Waals surface area (Å²) in [7, 11) is 0. The second-order valence-electron chi connectivity index (χ2n) is 8.18. The van der Waals surface area contributed by atoms with Gasteiger partial charge in [0.05, 0.1) is 41.4 Å². The van der Waals surface area contributed by atoms with Crippen molar-refractivity contribution < 1.29 is 9.53 Å². The third kappa shape index (κ3) is 4.17. The van der Waals surface area contributed by atoms with Crippen molar-refractivity contribution in [1.82, 2.24) is 9.47 Å². The molecule has 2 saturated heterocycles. The number of benzene rings is 2. The molecule has 0 radical (unpaired) electrons. The van der Waals surface area contributed by atoms with Crippen LogP contribution in [-0.4, -0.2) is 46.0 Å². The molecule has 174 valence electrons. The standard InChI is InChI=1S/C26H25N3O3S2/c1-2-28-21-11-7-6-10-19(21)23(27-12-14-32-15-13-27)20(24(28)30)16-22-25(31)29(26(33)34-22)17-18-8-4-3-5-9-18/h3-11,16H,2,12-15,17H2,1H3. The van der Waals surface area contributed by atoms with Gasteiger partial charge in [-0.2, -0.15) is 0 Å². The minimum atomic E-state index is -0.164. The Morgan fingerprint density at radius 2 is 1.74 bits per heavy atom. The Bertz CT molecular complexity index is 1340. The first-order valence-corrected chi connectivity index (χ1v) is 12.6. The molecule has 2 aromatic carbocycles. The zero-order chi connectivity index (χ0) is 23.7. The molecule has 0 N–H and O–H groups in total. The van der Waals surface area contributed by atoms with Gasteiger partial charge < -0.3 is 14.2 Å². The summed E-state index contributed by atoms with van der Waals surface area (Å²) in [4.78, 5) is 31.3. The van der Waals surface area contributed by atoms with Crippen molar-refractivity contribution in [3.8, 4) is 0 Å². The Labute approximate surface area is 207 Å². The van der Waals surface area contributed by atoms with E-state index in [1.54, 1.807) is 15.5 Å². The average Bonchev–Trinajstić information content (AvgIpc) is 3.13. The number of amides is 1. The summed E-state index contributed by atoms with van der Waals surface area (Å²) in [5.41, 5.74) is 3.19. The first-order valence-electron chi connectivity index (χ1n) is 11.4. The first-order chi connectivity index (χ1) is 16.6. The van der Waals surface area contributed by atoms with Gasteiger partial charge in [0.2, 0.25) is 0 Å². The van der Waals surface area contributed by atoms with Crippen molar-refractivity contribution in [2.75, 3.05) is 31.2 Å². The van der Waals surface area contributed by atoms with E-state index in [2.05, 4.69) is 4.90 Å². The Morgan fingerprint density at radius 3 is 2.47 bits per heavy atom. The molecule has 2 aliphatic rings. The highest BCUT2D eigenvalue weighted by Gasteiger charge is 2.33. The Kier molecular flexibility index (Phi) is 6.54. The topological polar surface area (TPSA) is 54.8 Å². The van der Waals surface area contributed by atoms with E-state index in [4.69, 9.17) is 17.0 Å². The maximum atomic E-state index is 13.7. The lowest BCUT2D eigenvalue weighted by atomic mass is 10.1. The van der Waals surface area contributed by atoms with Gasteiger partial charge in [0.15, 0.2) is 0 Å². The third-order valence-corrected chi connectivity index (χ3v) is 7.53. The van der Waals surface area contributed by atoms with Gasteiger partial charge in [0, 0.05) is 25.0 Å². The molecule has 0 atom stereocenters. The molecule has 0 aliphatic carbocycles. The molecule has 2 aliphatic heterocycles. The number of morpholine rings is 1. The Hall–Kier alpha value is -2.94. The minimum Gasteiger partial charge on any atom is -0.378 e. The molecule has 6 nitrogen and oxygen atoms in total. The van der Waals surface area contributed by atoms with Crippen molar-refractivity contribution in [3.63, 3.8) is 0 Å². The van der Waals surface area contributed by atoms with E-state index in [-0.39, 0.29) is 11.5 Å². The molecule has 3 heterocycles. The number of hydrogen-bond acceptors (Lipinski definition) is 6. The van der Waals surface area contributed by atoms with E-state index in [0.29, 0.717) is 54.2 Å². The van der Waals surface area contributed by atoms with E-state index >= 15 is 0 Å². The molecule has 0 bridgehead atoms. The van der Waals surface area contributed by atoms with E-state index in [0.717, 1.165) is 22.2 Å². The van der Waals surface area contributed by atoms with Crippen LogP contribution in [0.4, 0.5) is 5.69 Å². The number of fused-ring (bicyclic) bond motifs is 1. The number of carbonyl (C=O) groups excluding carboxylic acids is 1. The Morgan fingerprint density at radius 1 is 1.03 bits per heavy atom. The third-order valence-electron chi connectivity index (χ3n) is 6.16. The molecule has 5 rings (SSSR count). The van der Waals surface area contributed by atoms with Crippen LogP contribution in [0.5, 0.6) is 0 Å². The van der Waals surface area contributed by atoms with Crippen LogP contribution < -0.4 is 10.5 Å². The van der Waals surface area contributed by atoms with Crippen LogP contribution in [0.15, 0.2) is 64.3 Å². The zero-order valence-electron chi connectivity index (χ0n) is 18.9. The number of thiocarbonyl (C=S) groups is 1. The van der Waals surface area contributed by atoms with Gasteiger partial charge in [-0.3, -0.25) is 14.5 Å². The molecule has 3 aromatic rings. The highest BCUT2D eigenvalue weighted by molar-refractivity contribution is 8.26. The first kappa shape index (κ1) is 22.8. The van der Waals surface area contributed by atoms with Crippen LogP contribution in [0.2, 0.25) is 0 Å². The molecule has 2 fully saturated rings. The van der Waals surface area contributed by atoms with Gasteiger partial charge in [0.25, 0.3) is 11.5 Å². The number of nitrogens with zero attached hydrogens (tertiary/aromatic N) is 3. The number of anilines is 1. The quantitative estimate of drug-likeness (QED) is 0.393. The maximum Gasteiger partial charge on any atom is 0.266 e. The fourth-order valence-electron chi connectivity index (χ4n) is 4.52. The van der Waals surface area contributed by atoms with Crippen LogP contribution in [0, 0.1) is 0 Å². The van der Waals surface area contributed by atoms with Gasteiger partial charge in [0.1, 0.15) is 4.32 Å². The summed E-state index contributed by atoms with van der Waals surface area (Å²) in [6, 6.07) is 17.7. The summed E-state index contributed by atoms with van der Waals surface area (Å²) in [5, 5.41) is 0.997. The normalized spacial score (nSPS) is 17.9. The average molecular weight is 492 g/mol. The maximum absolute atomic E-state index is 13.7. The summed E-state index contributed by atoms with van der Waals surface area (Å²) >= 11 is 6.80. The SMILES string of the molecule is CCn1c(=O)c(C=C2SC(=S)N(Cc3ccccc3)C2=O)c(N2CCOCC2)c2ccccc21. The summed E-state index contributed by atoms with van der Waals surface area (Å²) in [6.45, 7) is 5.50. The predicted octanol–water partition coefficient (Wildman–Crippen LogP) is 4.26. The molecule has 8 heteroatoms. The van der Waals surface area contributed by atoms with Gasteiger partial charge in [-0.1, -0.05) is 72.5 Å². The predicted molar refractivity (Wildman–Crippen MR) is 142 cm³/mol. The highest BCUT2D eigenvalue weighted by Crippen LogP contribution is 2.37. The number of pyridine rings is 1. The van der Waals surface area contributed by atoms with Crippen molar-refractivity contribution in [2.24, 2.45) is 0 Å². The van der Waals surface area contributed by atoms with Gasteiger partial charge in [-0.15, -0.1) is 0 Å². The van der Waals surface area contributed by atoms with E-state index in [1.807, 2.05) is 61.5 Å². The number of hydrogen-bond donors (Lipinski definition) is 0. The molecule has 0 spiro atoms. The number of thioether (sulfide) groups is 1. The van der Waals surface area contributed by atoms with E-state index in [1.165, 1.54) is 11.8 Å². The smallest absolute Gasteiger partial charge is 0.266 e. The lowest BCUT2D eigenvalue weighted by Gasteiger charge is -2.31. The number of carbonyl (C=O) groups is 1. The van der Waals surface area contributed by atoms with Gasteiger partial charge in [-0.05, 0) is 24.6 Å². The fraction of sp³-hybridized carbons (Fsp3) is 0.269. The molecular weight excluding hydrogens is 466 g/mol. The Balaban J connectivity index is 1.63. The largest absolute Gasteiger partial charge is 0.378 e. The molecule has 0 saturated carbocycles. The number of aryl methyl sites for hydroxylation is 1. The molecule has 0 unspecified atom stereocenters. The number of rotatable bonds is 5. The van der Waals surface area contributed by atoms with E-state index < -0.39 is 0 Å². The highest BCUT2D eigenvalue weighted by atomic mass is 32.2. The van der Waals surface area contributed by atoms with Crippen molar-refractivity contribution >= 4 is 56.9 Å². The zero-order valence-corrected chi connectivity index (χ0v) is 20.5. The van der Waals surface area contributed by atoms with Crippen LogP contribution in [0.3, 0.4) is 0 Å². The summed E-state index contributed by atoms with van der Waals surface area (Å²) < 4.78 is 7.84. The second kappa shape index (κ2) is 9.74. The van der Waals surface area contributed by atoms with Crippen LogP contribution in [0.25, 0.3) is 17.0 Å². The van der Waals surface area contributed by atoms with Crippen molar-refractivity contribution in [2.45, 2.75) is 20.0 Å². The monoisotopic (exact) mass is 491 g/mol. The van der Waals surface area contributed by atoms with Gasteiger partial charge in [-0.25, -0.2) is 0 Å². The van der Waals surface area contributed by atoms with Crippen LogP contribution in [0.1, 0.15) is 18.1 Å². The van der Waals surface area contributed by atoms with Crippen molar-refractivity contribution in [3.05, 3.63) is 81.0 Å². The van der Waals surface area contributed by atoms with Crippen molar-refractivity contribution in [1.29, 1.82) is 0 Å². The van der Waals surface area contributed by atoms with Gasteiger partial charge >= 0.3 is 0 Å². The van der Waals surface area contributed by atoms with E-state index in [9.17, 15) is 9.59 Å². The lowest BCUT2D eigenvalue weighted by molar-refractivity contribution is -0.122. The number of ether oxygens (including phenoxy) is 1. The number of para-hydroxylation sites is 1. The summed E-state index contributed by atoms with van der Waals surface area (Å²) in [6.07, 6.45) is 1.75. The minimum absolute atomic E-state index is 0.101. The molecule has 1 aromatic heterocycles. The summed E-state index contributed by atoms with van der Waals surface area (Å²) in [5.74, 6) is -0.164. The van der Waals surface area contributed by atoms with Crippen LogP contribution >= 0.6 is 24.0 Å². The molecular formula is C26H25N3O3S2. The molecule has 34 heavy (non-hydrogen) atoms.